The second-order valence-electron chi connectivity index (χ2n) is 5.54. The Balaban J connectivity index is 2.09. The van der Waals surface area contributed by atoms with E-state index in [4.69, 9.17) is 4.74 Å². The van der Waals surface area contributed by atoms with E-state index < -0.39 is 0 Å². The average Bonchev–Trinajstić information content (AvgIpc) is 2.43. The predicted octanol–water partition coefficient (Wildman–Crippen LogP) is 4.88. The van der Waals surface area contributed by atoms with Gasteiger partial charge in [-0.2, -0.15) is 0 Å². The first-order chi connectivity index (χ1) is 9.74. The highest BCUT2D eigenvalue weighted by Gasteiger charge is 2.19. The SMILES string of the molecule is CC(C)OC1Cc2ccccc2/C=C\c2ccccc21. The Kier molecular flexibility index (Phi) is 3.70. The molecule has 2 aromatic rings. The predicted molar refractivity (Wildman–Crippen MR) is 84.5 cm³/mol. The van der Waals surface area contributed by atoms with Crippen molar-refractivity contribution < 1.29 is 4.74 Å². The lowest BCUT2D eigenvalue weighted by Crippen LogP contribution is -2.15. The zero-order valence-corrected chi connectivity index (χ0v) is 12.0. The van der Waals surface area contributed by atoms with E-state index in [1.54, 1.807) is 0 Å². The number of rotatable bonds is 2. The van der Waals surface area contributed by atoms with Crippen molar-refractivity contribution in [2.75, 3.05) is 0 Å². The van der Waals surface area contributed by atoms with E-state index in [0.717, 1.165) is 6.42 Å². The van der Waals surface area contributed by atoms with Crippen molar-refractivity contribution >= 4 is 12.2 Å². The molecule has 1 unspecified atom stereocenters. The second-order valence-corrected chi connectivity index (χ2v) is 5.54. The van der Waals surface area contributed by atoms with E-state index in [-0.39, 0.29) is 12.2 Å². The van der Waals surface area contributed by atoms with E-state index in [9.17, 15) is 0 Å². The number of ether oxygens (including phenoxy) is 1. The van der Waals surface area contributed by atoms with Crippen LogP contribution in [-0.4, -0.2) is 6.10 Å². The van der Waals surface area contributed by atoms with Gasteiger partial charge in [-0.15, -0.1) is 0 Å². The van der Waals surface area contributed by atoms with E-state index in [0.29, 0.717) is 0 Å². The molecule has 1 aliphatic rings. The maximum Gasteiger partial charge on any atom is 0.0874 e. The van der Waals surface area contributed by atoms with Crippen LogP contribution in [0.15, 0.2) is 48.5 Å². The lowest BCUT2D eigenvalue weighted by atomic mass is 9.91. The molecule has 0 bridgehead atoms. The van der Waals surface area contributed by atoms with Crippen LogP contribution in [0, 0.1) is 0 Å². The molecule has 0 N–H and O–H groups in total. The summed E-state index contributed by atoms with van der Waals surface area (Å²) in [7, 11) is 0. The largest absolute Gasteiger partial charge is 0.371 e. The summed E-state index contributed by atoms with van der Waals surface area (Å²) in [5.74, 6) is 0. The topological polar surface area (TPSA) is 9.23 Å². The lowest BCUT2D eigenvalue weighted by molar-refractivity contribution is 0.00669. The van der Waals surface area contributed by atoms with Gasteiger partial charge in [0.15, 0.2) is 0 Å². The molecule has 1 heteroatoms. The molecule has 0 spiro atoms. The Morgan fingerprint density at radius 3 is 2.35 bits per heavy atom. The molecule has 102 valence electrons. The molecule has 1 aliphatic carbocycles. The lowest BCUT2D eigenvalue weighted by Gasteiger charge is -2.25. The van der Waals surface area contributed by atoms with Crippen LogP contribution in [0.4, 0.5) is 0 Å². The summed E-state index contributed by atoms with van der Waals surface area (Å²) >= 11 is 0. The van der Waals surface area contributed by atoms with Gasteiger partial charge < -0.3 is 4.74 Å². The van der Waals surface area contributed by atoms with Gasteiger partial charge in [0.1, 0.15) is 0 Å². The molecule has 2 aromatic carbocycles. The van der Waals surface area contributed by atoms with Crippen LogP contribution in [0.1, 0.15) is 42.2 Å². The van der Waals surface area contributed by atoms with Gasteiger partial charge in [-0.25, -0.2) is 0 Å². The van der Waals surface area contributed by atoms with Crippen LogP contribution in [0.3, 0.4) is 0 Å². The van der Waals surface area contributed by atoms with Gasteiger partial charge in [0, 0.05) is 6.42 Å². The molecular weight excluding hydrogens is 244 g/mol. The molecule has 0 heterocycles. The molecule has 1 nitrogen and oxygen atoms in total. The number of hydrogen-bond acceptors (Lipinski definition) is 1. The Morgan fingerprint density at radius 1 is 0.900 bits per heavy atom. The van der Waals surface area contributed by atoms with Crippen molar-refractivity contribution in [1.29, 1.82) is 0 Å². The minimum absolute atomic E-state index is 0.122. The molecule has 0 radical (unpaired) electrons. The first-order valence-corrected chi connectivity index (χ1v) is 7.24. The molecule has 0 saturated heterocycles. The minimum atomic E-state index is 0.122. The standard InChI is InChI=1S/C19H20O/c1-14(2)20-19-13-17-9-4-3-7-15(17)11-12-16-8-5-6-10-18(16)19/h3-12,14,19H,13H2,1-2H3/b12-11-. The van der Waals surface area contributed by atoms with E-state index >= 15 is 0 Å². The van der Waals surface area contributed by atoms with Crippen LogP contribution in [0.5, 0.6) is 0 Å². The molecule has 0 amide bonds. The molecule has 0 saturated carbocycles. The zero-order valence-electron chi connectivity index (χ0n) is 12.0. The fourth-order valence-corrected chi connectivity index (χ4v) is 2.78. The summed E-state index contributed by atoms with van der Waals surface area (Å²) in [6.45, 7) is 4.20. The third kappa shape index (κ3) is 2.68. The minimum Gasteiger partial charge on any atom is -0.371 e. The third-order valence-corrected chi connectivity index (χ3v) is 3.68. The highest BCUT2D eigenvalue weighted by atomic mass is 16.5. The zero-order chi connectivity index (χ0) is 13.9. The highest BCUT2D eigenvalue weighted by Crippen LogP contribution is 2.31. The Hall–Kier alpha value is -1.86. The Labute approximate surface area is 120 Å². The molecule has 0 aliphatic heterocycles. The Bertz CT molecular complexity index is 625. The van der Waals surface area contributed by atoms with Crippen LogP contribution in [-0.2, 0) is 11.2 Å². The second kappa shape index (κ2) is 5.64. The fourth-order valence-electron chi connectivity index (χ4n) is 2.78. The van der Waals surface area contributed by atoms with Gasteiger partial charge in [-0.3, -0.25) is 0 Å². The van der Waals surface area contributed by atoms with Gasteiger partial charge in [0.2, 0.25) is 0 Å². The average molecular weight is 264 g/mol. The summed E-state index contributed by atoms with van der Waals surface area (Å²) in [6, 6.07) is 17.1. The molecule has 0 fully saturated rings. The third-order valence-electron chi connectivity index (χ3n) is 3.68. The maximum absolute atomic E-state index is 6.18. The van der Waals surface area contributed by atoms with Crippen molar-refractivity contribution in [3.8, 4) is 0 Å². The summed E-state index contributed by atoms with van der Waals surface area (Å²) in [5.41, 5.74) is 5.18. The summed E-state index contributed by atoms with van der Waals surface area (Å²) in [5, 5.41) is 0. The van der Waals surface area contributed by atoms with Crippen LogP contribution < -0.4 is 0 Å². The first kappa shape index (κ1) is 13.1. The van der Waals surface area contributed by atoms with Crippen LogP contribution >= 0.6 is 0 Å². The number of benzene rings is 2. The quantitative estimate of drug-likeness (QED) is 0.751. The summed E-state index contributed by atoms with van der Waals surface area (Å²) in [6.07, 6.45) is 5.68. The van der Waals surface area contributed by atoms with Gasteiger partial charge in [-0.1, -0.05) is 60.7 Å². The van der Waals surface area contributed by atoms with E-state index in [1.165, 1.54) is 22.3 Å². The smallest absolute Gasteiger partial charge is 0.0874 e. The molecule has 0 aromatic heterocycles. The molecule has 1 atom stereocenters. The number of fused-ring (bicyclic) bond motifs is 2. The molecular formula is C19H20O. The molecule has 3 rings (SSSR count). The molecule has 20 heavy (non-hydrogen) atoms. The van der Waals surface area contributed by atoms with Crippen LogP contribution in [0.25, 0.3) is 12.2 Å². The summed E-state index contributed by atoms with van der Waals surface area (Å²) in [4.78, 5) is 0. The van der Waals surface area contributed by atoms with Crippen molar-refractivity contribution in [3.05, 3.63) is 70.8 Å². The first-order valence-electron chi connectivity index (χ1n) is 7.24. The van der Waals surface area contributed by atoms with Crippen LogP contribution in [0.2, 0.25) is 0 Å². The van der Waals surface area contributed by atoms with Gasteiger partial charge >= 0.3 is 0 Å². The van der Waals surface area contributed by atoms with Crippen molar-refractivity contribution in [2.45, 2.75) is 32.5 Å². The maximum atomic E-state index is 6.18. The van der Waals surface area contributed by atoms with Gasteiger partial charge in [-0.05, 0) is 36.1 Å². The van der Waals surface area contributed by atoms with Crippen molar-refractivity contribution in [3.63, 3.8) is 0 Å². The van der Waals surface area contributed by atoms with E-state index in [2.05, 4.69) is 74.5 Å². The summed E-state index contributed by atoms with van der Waals surface area (Å²) < 4.78 is 6.18. The van der Waals surface area contributed by atoms with Gasteiger partial charge in [0.25, 0.3) is 0 Å². The van der Waals surface area contributed by atoms with E-state index in [1.807, 2.05) is 0 Å². The van der Waals surface area contributed by atoms with Crippen molar-refractivity contribution in [2.24, 2.45) is 0 Å². The highest BCUT2D eigenvalue weighted by molar-refractivity contribution is 5.73. The Morgan fingerprint density at radius 2 is 1.55 bits per heavy atom. The monoisotopic (exact) mass is 264 g/mol. The van der Waals surface area contributed by atoms with Gasteiger partial charge in [0.05, 0.1) is 12.2 Å². The number of hydrogen-bond donors (Lipinski definition) is 0. The fraction of sp³-hybridized carbons (Fsp3) is 0.263. The normalized spacial score (nSPS) is 18.9. The van der Waals surface area contributed by atoms with Crippen molar-refractivity contribution in [1.82, 2.24) is 0 Å².